The van der Waals surface area contributed by atoms with Crippen molar-refractivity contribution in [1.29, 1.82) is 5.26 Å². The smallest absolute Gasteiger partial charge is 0.231 e. The number of H-pyrrole nitrogens is 1. The van der Waals surface area contributed by atoms with Gasteiger partial charge in [-0.3, -0.25) is 5.10 Å². The highest BCUT2D eigenvalue weighted by Gasteiger charge is 2.21. The number of rotatable bonds is 5. The molecular weight excluding hydrogens is 483 g/mol. The first-order chi connectivity index (χ1) is 17.1. The van der Waals surface area contributed by atoms with E-state index in [9.17, 15) is 18.1 Å². The highest BCUT2D eigenvalue weighted by molar-refractivity contribution is 7.90. The summed E-state index contributed by atoms with van der Waals surface area (Å²) >= 11 is 0. The summed E-state index contributed by atoms with van der Waals surface area (Å²) in [4.78, 5) is 8.83. The number of aromatic nitrogens is 5. The lowest BCUT2D eigenvalue weighted by molar-refractivity contribution is 0.596. The van der Waals surface area contributed by atoms with Crippen molar-refractivity contribution in [3.05, 3.63) is 54.1 Å². The molecule has 4 N–H and O–H groups in total. The Morgan fingerprint density at radius 3 is 2.64 bits per heavy atom. The number of benzene rings is 2. The van der Waals surface area contributed by atoms with E-state index in [1.165, 1.54) is 12.1 Å². The van der Waals surface area contributed by atoms with Crippen molar-refractivity contribution in [2.75, 3.05) is 17.3 Å². The first-order valence-corrected chi connectivity index (χ1v) is 12.8. The van der Waals surface area contributed by atoms with E-state index in [-0.39, 0.29) is 28.4 Å². The number of nitrogens with two attached hydrogens (primary N) is 1. The third kappa shape index (κ3) is 3.79. The van der Waals surface area contributed by atoms with Crippen LogP contribution in [0.5, 0.6) is 0 Å². The van der Waals surface area contributed by atoms with E-state index in [0.717, 1.165) is 28.8 Å². The van der Waals surface area contributed by atoms with Crippen LogP contribution in [0.15, 0.2) is 47.6 Å². The summed E-state index contributed by atoms with van der Waals surface area (Å²) in [6.45, 7) is 3.98. The Balaban J connectivity index is 1.66. The third-order valence-corrected chi connectivity index (χ3v) is 7.01. The standard InChI is InChI=1S/C24H21FN8O2S/c1-12(2)33-11-17(15-6-4-13(9-26)21-16(15)10-28-32-21)20-22(27)30-24(31-23(20)33)29-19-7-5-14(8-18(19)25)36(3,34)35/h4-8,10-12H,1-3H3,(H,28,32)(H3,27,29,30,31). The number of aromatic amines is 1. The molecule has 0 aliphatic rings. The summed E-state index contributed by atoms with van der Waals surface area (Å²) in [6, 6.07) is 9.27. The Labute approximate surface area is 205 Å². The molecule has 0 unspecified atom stereocenters. The average molecular weight is 505 g/mol. The Kier molecular flexibility index (Phi) is 5.37. The fourth-order valence-corrected chi connectivity index (χ4v) is 4.77. The largest absolute Gasteiger partial charge is 0.383 e. The molecule has 3 heterocycles. The van der Waals surface area contributed by atoms with Crippen LogP contribution >= 0.6 is 0 Å². The van der Waals surface area contributed by atoms with Crippen LogP contribution in [0.4, 0.5) is 21.8 Å². The highest BCUT2D eigenvalue weighted by atomic mass is 32.2. The molecule has 0 saturated carbocycles. The van der Waals surface area contributed by atoms with Gasteiger partial charge in [0.1, 0.15) is 23.4 Å². The van der Waals surface area contributed by atoms with Crippen molar-refractivity contribution < 1.29 is 12.8 Å². The summed E-state index contributed by atoms with van der Waals surface area (Å²) in [6.07, 6.45) is 4.58. The molecule has 0 saturated heterocycles. The van der Waals surface area contributed by atoms with Crippen molar-refractivity contribution in [2.24, 2.45) is 0 Å². The first-order valence-electron chi connectivity index (χ1n) is 10.9. The van der Waals surface area contributed by atoms with Gasteiger partial charge in [0.15, 0.2) is 9.84 Å². The lowest BCUT2D eigenvalue weighted by Crippen LogP contribution is -2.06. The predicted octanol–water partition coefficient (Wildman–Crippen LogP) is 4.30. The molecule has 36 heavy (non-hydrogen) atoms. The molecule has 5 rings (SSSR count). The molecule has 182 valence electrons. The van der Waals surface area contributed by atoms with Gasteiger partial charge in [-0.2, -0.15) is 20.3 Å². The second-order valence-corrected chi connectivity index (χ2v) is 10.7. The van der Waals surface area contributed by atoms with Gasteiger partial charge >= 0.3 is 0 Å². The van der Waals surface area contributed by atoms with Gasteiger partial charge in [0.2, 0.25) is 5.95 Å². The number of fused-ring (bicyclic) bond motifs is 2. The van der Waals surface area contributed by atoms with Gasteiger partial charge in [-0.05, 0) is 43.7 Å². The van der Waals surface area contributed by atoms with E-state index in [4.69, 9.17) is 5.73 Å². The molecule has 0 bridgehead atoms. The van der Waals surface area contributed by atoms with Gasteiger partial charge in [0, 0.05) is 29.4 Å². The second-order valence-electron chi connectivity index (χ2n) is 8.64. The van der Waals surface area contributed by atoms with E-state index < -0.39 is 15.7 Å². The highest BCUT2D eigenvalue weighted by Crippen LogP contribution is 2.39. The molecule has 2 aromatic carbocycles. The zero-order valence-corrected chi connectivity index (χ0v) is 20.4. The monoisotopic (exact) mass is 504 g/mol. The Hall–Kier alpha value is -4.50. The molecule has 0 spiro atoms. The van der Waals surface area contributed by atoms with Crippen LogP contribution in [0.25, 0.3) is 33.1 Å². The molecule has 12 heteroatoms. The van der Waals surface area contributed by atoms with Crippen molar-refractivity contribution in [1.82, 2.24) is 24.7 Å². The summed E-state index contributed by atoms with van der Waals surface area (Å²) in [5, 5.41) is 20.6. The van der Waals surface area contributed by atoms with E-state index in [0.29, 0.717) is 22.1 Å². The maximum atomic E-state index is 14.6. The van der Waals surface area contributed by atoms with E-state index >= 15 is 0 Å². The van der Waals surface area contributed by atoms with Gasteiger partial charge in [0.05, 0.1) is 33.2 Å². The van der Waals surface area contributed by atoms with Crippen molar-refractivity contribution in [3.63, 3.8) is 0 Å². The zero-order valence-electron chi connectivity index (χ0n) is 19.5. The Bertz CT molecular complexity index is 1820. The fourth-order valence-electron chi connectivity index (χ4n) is 4.14. The molecule has 10 nitrogen and oxygen atoms in total. The minimum absolute atomic E-state index is 0.00685. The number of nitrogens with zero attached hydrogens (tertiary/aromatic N) is 5. The van der Waals surface area contributed by atoms with Gasteiger partial charge in [-0.1, -0.05) is 6.07 Å². The number of sulfone groups is 1. The number of anilines is 3. The lowest BCUT2D eigenvalue weighted by atomic mass is 10.00. The number of nitrogens with one attached hydrogen (secondary N) is 2. The summed E-state index contributed by atoms with van der Waals surface area (Å²) in [5.74, 6) is -0.531. The number of hydrogen-bond acceptors (Lipinski definition) is 8. The maximum Gasteiger partial charge on any atom is 0.231 e. The van der Waals surface area contributed by atoms with E-state index in [1.807, 2.05) is 30.7 Å². The average Bonchev–Trinajstić information content (AvgIpc) is 3.45. The van der Waals surface area contributed by atoms with Crippen molar-refractivity contribution in [3.8, 4) is 17.2 Å². The second kappa shape index (κ2) is 8.31. The Morgan fingerprint density at radius 1 is 1.19 bits per heavy atom. The van der Waals surface area contributed by atoms with Crippen molar-refractivity contribution in [2.45, 2.75) is 24.8 Å². The molecule has 0 radical (unpaired) electrons. The van der Waals surface area contributed by atoms with Crippen LogP contribution in [0.2, 0.25) is 0 Å². The van der Waals surface area contributed by atoms with Crippen LogP contribution in [0.1, 0.15) is 25.5 Å². The molecule has 0 atom stereocenters. The number of nitrogen functional groups attached to an aromatic ring is 1. The molecule has 0 aliphatic carbocycles. The normalized spacial score (nSPS) is 11.9. The third-order valence-electron chi connectivity index (χ3n) is 5.90. The van der Waals surface area contributed by atoms with Crippen LogP contribution in [0.3, 0.4) is 0 Å². The SMILES string of the molecule is CC(C)n1cc(-c2ccc(C#N)c3[nH]ncc23)c2c(N)nc(Nc3ccc(S(C)(=O)=O)cc3F)nc21. The maximum absolute atomic E-state index is 14.6. The van der Waals surface area contributed by atoms with Crippen LogP contribution in [-0.4, -0.2) is 39.4 Å². The van der Waals surface area contributed by atoms with E-state index in [2.05, 4.69) is 31.6 Å². The fraction of sp³-hybridized carbons (Fsp3) is 0.167. The number of hydrogen-bond donors (Lipinski definition) is 3. The quantitative estimate of drug-likeness (QED) is 0.320. The lowest BCUT2D eigenvalue weighted by Gasteiger charge is -2.11. The zero-order chi connectivity index (χ0) is 25.8. The molecule has 0 amide bonds. The minimum atomic E-state index is -3.55. The molecular formula is C24H21FN8O2S. The predicted molar refractivity (Wildman–Crippen MR) is 135 cm³/mol. The van der Waals surface area contributed by atoms with Gasteiger partial charge < -0.3 is 15.6 Å². The Morgan fingerprint density at radius 2 is 1.97 bits per heavy atom. The minimum Gasteiger partial charge on any atom is -0.383 e. The van der Waals surface area contributed by atoms with Gasteiger partial charge in [-0.15, -0.1) is 0 Å². The number of nitriles is 1. The van der Waals surface area contributed by atoms with E-state index in [1.54, 1.807) is 12.3 Å². The summed E-state index contributed by atoms with van der Waals surface area (Å²) in [7, 11) is -3.55. The van der Waals surface area contributed by atoms with Crippen LogP contribution in [-0.2, 0) is 9.84 Å². The topological polar surface area (TPSA) is 155 Å². The van der Waals surface area contributed by atoms with Crippen LogP contribution < -0.4 is 11.1 Å². The molecule has 5 aromatic rings. The van der Waals surface area contributed by atoms with Crippen LogP contribution in [0, 0.1) is 17.1 Å². The van der Waals surface area contributed by atoms with Gasteiger partial charge in [0.25, 0.3) is 0 Å². The van der Waals surface area contributed by atoms with Crippen molar-refractivity contribution >= 4 is 49.2 Å². The van der Waals surface area contributed by atoms with Gasteiger partial charge in [-0.25, -0.2) is 12.8 Å². The summed E-state index contributed by atoms with van der Waals surface area (Å²) < 4.78 is 40.0. The first kappa shape index (κ1) is 23.3. The molecule has 0 aliphatic heterocycles. The molecule has 3 aromatic heterocycles. The molecule has 0 fully saturated rings. The number of halogens is 1. The summed E-state index contributed by atoms with van der Waals surface area (Å²) in [5.41, 5.74) is 9.61.